The minimum atomic E-state index is -0.196. The Labute approximate surface area is 124 Å². The van der Waals surface area contributed by atoms with E-state index >= 15 is 0 Å². The van der Waals surface area contributed by atoms with Gasteiger partial charge in [-0.3, -0.25) is 9.59 Å². The normalized spacial score (nSPS) is 20.9. The van der Waals surface area contributed by atoms with Crippen molar-refractivity contribution in [2.24, 2.45) is 5.92 Å². The number of rotatable bonds is 3. The van der Waals surface area contributed by atoms with Crippen LogP contribution < -0.4 is 5.43 Å². The Morgan fingerprint density at radius 3 is 2.57 bits per heavy atom. The van der Waals surface area contributed by atoms with Gasteiger partial charge in [-0.05, 0) is 44.7 Å². The number of carbonyl (C=O) groups excluding carboxylic acids is 1. The first-order chi connectivity index (χ1) is 10.2. The quantitative estimate of drug-likeness (QED) is 0.913. The van der Waals surface area contributed by atoms with Gasteiger partial charge in [-0.25, -0.2) is 0 Å². The van der Waals surface area contributed by atoms with Crippen molar-refractivity contribution in [2.75, 3.05) is 32.7 Å². The van der Waals surface area contributed by atoms with Crippen LogP contribution >= 0.6 is 0 Å². The third kappa shape index (κ3) is 3.35. The van der Waals surface area contributed by atoms with Gasteiger partial charge < -0.3 is 14.8 Å². The molecule has 1 N–H and O–H groups in total. The lowest BCUT2D eigenvalue weighted by atomic mass is 9.96. The Hall–Kier alpha value is -1.62. The number of carbonyl (C=O) groups is 1. The highest BCUT2D eigenvalue weighted by atomic mass is 16.2. The summed E-state index contributed by atoms with van der Waals surface area (Å²) in [6.45, 7) is 5.18. The molecule has 5 nitrogen and oxygen atoms in total. The van der Waals surface area contributed by atoms with Crippen LogP contribution in [0, 0.1) is 5.92 Å². The smallest absolute Gasteiger partial charge is 0.259 e. The van der Waals surface area contributed by atoms with Crippen molar-refractivity contribution in [3.63, 3.8) is 0 Å². The van der Waals surface area contributed by atoms with E-state index in [1.165, 1.54) is 44.7 Å². The molecule has 0 aromatic carbocycles. The van der Waals surface area contributed by atoms with Crippen LogP contribution in [0.2, 0.25) is 0 Å². The van der Waals surface area contributed by atoms with Gasteiger partial charge in [-0.2, -0.15) is 0 Å². The molecule has 2 aliphatic rings. The molecule has 0 atom stereocenters. The Bertz CT molecular complexity index is 540. The first-order valence-corrected chi connectivity index (χ1v) is 7.93. The number of hydrogen-bond acceptors (Lipinski definition) is 3. The van der Waals surface area contributed by atoms with Crippen LogP contribution in [0.3, 0.4) is 0 Å². The average molecular weight is 289 g/mol. The Kier molecular flexibility index (Phi) is 4.39. The number of H-pyrrole nitrogens is 1. The van der Waals surface area contributed by atoms with Crippen molar-refractivity contribution in [3.8, 4) is 0 Å². The van der Waals surface area contributed by atoms with Gasteiger partial charge in [0.15, 0.2) is 5.43 Å². The molecule has 1 aromatic heterocycles. The second-order valence-electron chi connectivity index (χ2n) is 6.17. The van der Waals surface area contributed by atoms with E-state index < -0.39 is 0 Å². The standard InChI is InChI=1S/C16H23N3O2/c20-15-3-6-17-11-14(15)16(21)19-9-4-13(5-10-19)12-18-7-1-2-8-18/h3,6,11,13H,1-2,4-5,7-10,12H2,(H,17,20). The highest BCUT2D eigenvalue weighted by Gasteiger charge is 2.26. The molecule has 3 rings (SSSR count). The minimum absolute atomic E-state index is 0.128. The van der Waals surface area contributed by atoms with E-state index in [1.54, 1.807) is 6.20 Å². The summed E-state index contributed by atoms with van der Waals surface area (Å²) in [6, 6.07) is 1.41. The van der Waals surface area contributed by atoms with Gasteiger partial charge in [0, 0.05) is 38.1 Å². The predicted octanol–water partition coefficient (Wildman–Crippen LogP) is 1.32. The molecular weight excluding hydrogens is 266 g/mol. The van der Waals surface area contributed by atoms with Crippen molar-refractivity contribution in [3.05, 3.63) is 34.2 Å². The van der Waals surface area contributed by atoms with Crippen LogP contribution in [0.15, 0.2) is 23.3 Å². The van der Waals surface area contributed by atoms with Gasteiger partial charge in [0.2, 0.25) is 0 Å². The monoisotopic (exact) mass is 289 g/mol. The number of pyridine rings is 1. The molecule has 0 aliphatic carbocycles. The fraction of sp³-hybridized carbons (Fsp3) is 0.625. The van der Waals surface area contributed by atoms with Crippen LogP contribution in [-0.2, 0) is 0 Å². The summed E-state index contributed by atoms with van der Waals surface area (Å²) in [5.74, 6) is 0.567. The maximum Gasteiger partial charge on any atom is 0.259 e. The number of hydrogen-bond donors (Lipinski definition) is 1. The second-order valence-corrected chi connectivity index (χ2v) is 6.17. The summed E-state index contributed by atoms with van der Waals surface area (Å²) in [5.41, 5.74) is 0.0634. The Morgan fingerprint density at radius 1 is 1.19 bits per heavy atom. The lowest BCUT2D eigenvalue weighted by Crippen LogP contribution is -2.42. The number of piperidine rings is 1. The zero-order chi connectivity index (χ0) is 14.7. The third-order valence-electron chi connectivity index (χ3n) is 4.67. The zero-order valence-corrected chi connectivity index (χ0v) is 12.4. The number of nitrogens with one attached hydrogen (secondary N) is 1. The Balaban J connectivity index is 1.54. The van der Waals surface area contributed by atoms with Crippen LogP contribution in [-0.4, -0.2) is 53.4 Å². The second kappa shape index (κ2) is 6.43. The molecule has 1 amide bonds. The van der Waals surface area contributed by atoms with Crippen molar-refractivity contribution in [1.29, 1.82) is 0 Å². The average Bonchev–Trinajstić information content (AvgIpc) is 3.01. The van der Waals surface area contributed by atoms with E-state index in [0.29, 0.717) is 5.92 Å². The zero-order valence-electron chi connectivity index (χ0n) is 12.4. The molecule has 3 heterocycles. The summed E-state index contributed by atoms with van der Waals surface area (Å²) >= 11 is 0. The number of aromatic amines is 1. The summed E-state index contributed by atoms with van der Waals surface area (Å²) in [4.78, 5) is 31.3. The molecule has 0 bridgehead atoms. The topological polar surface area (TPSA) is 56.4 Å². The largest absolute Gasteiger partial charge is 0.367 e. The SMILES string of the molecule is O=C(c1c[nH]ccc1=O)N1CCC(CN2CCCC2)CC1. The third-order valence-corrected chi connectivity index (χ3v) is 4.67. The molecule has 0 unspecified atom stereocenters. The molecule has 0 radical (unpaired) electrons. The Morgan fingerprint density at radius 2 is 1.90 bits per heavy atom. The fourth-order valence-corrected chi connectivity index (χ4v) is 3.40. The van der Waals surface area contributed by atoms with Crippen molar-refractivity contribution in [2.45, 2.75) is 25.7 Å². The maximum atomic E-state index is 12.4. The molecule has 0 saturated carbocycles. The molecule has 1 aromatic rings. The summed E-state index contributed by atoms with van der Waals surface area (Å²) in [5, 5.41) is 0. The van der Waals surface area contributed by atoms with E-state index in [1.807, 2.05) is 4.90 Å². The lowest BCUT2D eigenvalue weighted by molar-refractivity contribution is 0.0671. The molecule has 2 fully saturated rings. The first kappa shape index (κ1) is 14.3. The van der Waals surface area contributed by atoms with E-state index in [-0.39, 0.29) is 16.9 Å². The number of aromatic nitrogens is 1. The van der Waals surface area contributed by atoms with Crippen LogP contribution in [0.5, 0.6) is 0 Å². The molecule has 2 aliphatic heterocycles. The van der Waals surface area contributed by atoms with Gasteiger partial charge in [0.05, 0.1) is 0 Å². The summed E-state index contributed by atoms with van der Waals surface area (Å²) in [6.07, 6.45) is 7.82. The molecule has 5 heteroatoms. The van der Waals surface area contributed by atoms with E-state index in [9.17, 15) is 9.59 Å². The van der Waals surface area contributed by atoms with Crippen LogP contribution in [0.4, 0.5) is 0 Å². The summed E-state index contributed by atoms with van der Waals surface area (Å²) in [7, 11) is 0. The van der Waals surface area contributed by atoms with Gasteiger partial charge in [0.1, 0.15) is 5.56 Å². The maximum absolute atomic E-state index is 12.4. The molecule has 0 spiro atoms. The van der Waals surface area contributed by atoms with E-state index in [2.05, 4.69) is 9.88 Å². The highest BCUT2D eigenvalue weighted by Crippen LogP contribution is 2.21. The van der Waals surface area contributed by atoms with Gasteiger partial charge in [-0.1, -0.05) is 0 Å². The highest BCUT2D eigenvalue weighted by molar-refractivity contribution is 5.93. The molecule has 114 valence electrons. The molecular formula is C16H23N3O2. The van der Waals surface area contributed by atoms with Crippen LogP contribution in [0.1, 0.15) is 36.0 Å². The predicted molar refractivity (Wildman–Crippen MR) is 81.4 cm³/mol. The summed E-state index contributed by atoms with van der Waals surface area (Å²) < 4.78 is 0. The number of likely N-dealkylation sites (tertiary alicyclic amines) is 2. The minimum Gasteiger partial charge on any atom is -0.367 e. The number of amides is 1. The molecule has 2 saturated heterocycles. The number of nitrogens with zero attached hydrogens (tertiary/aromatic N) is 2. The lowest BCUT2D eigenvalue weighted by Gasteiger charge is -2.33. The van der Waals surface area contributed by atoms with Crippen LogP contribution in [0.25, 0.3) is 0 Å². The van der Waals surface area contributed by atoms with Crippen molar-refractivity contribution >= 4 is 5.91 Å². The first-order valence-electron chi connectivity index (χ1n) is 7.93. The van der Waals surface area contributed by atoms with Gasteiger partial charge in [0.25, 0.3) is 5.91 Å². The van der Waals surface area contributed by atoms with Gasteiger partial charge in [-0.15, -0.1) is 0 Å². The van der Waals surface area contributed by atoms with Crippen molar-refractivity contribution < 1.29 is 4.79 Å². The molecule has 21 heavy (non-hydrogen) atoms. The van der Waals surface area contributed by atoms with Crippen molar-refractivity contribution in [1.82, 2.24) is 14.8 Å². The fourth-order valence-electron chi connectivity index (χ4n) is 3.40. The van der Waals surface area contributed by atoms with E-state index in [0.717, 1.165) is 25.9 Å². The van der Waals surface area contributed by atoms with E-state index in [4.69, 9.17) is 0 Å². The van der Waals surface area contributed by atoms with Gasteiger partial charge >= 0.3 is 0 Å².